The Morgan fingerprint density at radius 1 is 0.789 bits per heavy atom. The summed E-state index contributed by atoms with van der Waals surface area (Å²) in [6, 6.07) is 0. The van der Waals surface area contributed by atoms with Gasteiger partial charge in [0.25, 0.3) is 14.2 Å². The maximum Gasteiger partial charge on any atom is 0.290 e. The lowest BCUT2D eigenvalue weighted by molar-refractivity contribution is -0.0966. The zero-order chi connectivity index (χ0) is 15.7. The van der Waals surface area contributed by atoms with Gasteiger partial charge in [-0.1, -0.05) is 6.82 Å². The predicted molar refractivity (Wildman–Crippen MR) is 80.3 cm³/mol. The van der Waals surface area contributed by atoms with Gasteiger partial charge in [-0.05, 0) is 55.4 Å². The Kier molecular flexibility index (Phi) is 5.75. The van der Waals surface area contributed by atoms with E-state index in [4.69, 9.17) is 9.31 Å². The zero-order valence-electron chi connectivity index (χ0n) is 13.9. The van der Waals surface area contributed by atoms with Gasteiger partial charge in [-0.15, -0.1) is 0 Å². The molecule has 0 aromatic rings. The first kappa shape index (κ1) is 19.0. The standard InChI is InChI=1S/C13H29B2O4/c1-10(2,16)12(5,6)18-14-15(9)19-13(7,8)11(3,4)17/h16-17H,1-9H3. The summed E-state index contributed by atoms with van der Waals surface area (Å²) in [4.78, 5) is 0. The third-order valence-corrected chi connectivity index (χ3v) is 3.98. The second kappa shape index (κ2) is 5.76. The van der Waals surface area contributed by atoms with Crippen LogP contribution in [0.2, 0.25) is 6.82 Å². The van der Waals surface area contributed by atoms with Crippen LogP contribution in [-0.2, 0) is 9.31 Å². The molecule has 19 heavy (non-hydrogen) atoms. The third kappa shape index (κ3) is 5.46. The molecule has 0 saturated carbocycles. The van der Waals surface area contributed by atoms with Crippen LogP contribution in [0.15, 0.2) is 0 Å². The largest absolute Gasteiger partial charge is 0.439 e. The van der Waals surface area contributed by atoms with Gasteiger partial charge in [-0.2, -0.15) is 0 Å². The molecule has 0 saturated heterocycles. The zero-order valence-corrected chi connectivity index (χ0v) is 13.9. The van der Waals surface area contributed by atoms with Crippen molar-refractivity contribution in [1.82, 2.24) is 0 Å². The van der Waals surface area contributed by atoms with Crippen LogP contribution in [0.5, 0.6) is 0 Å². The van der Waals surface area contributed by atoms with Gasteiger partial charge in [0.1, 0.15) is 0 Å². The van der Waals surface area contributed by atoms with Crippen molar-refractivity contribution in [2.75, 3.05) is 0 Å². The van der Waals surface area contributed by atoms with E-state index in [1.165, 1.54) is 0 Å². The summed E-state index contributed by atoms with van der Waals surface area (Å²) in [5, 5.41) is 20.0. The molecule has 0 aliphatic rings. The van der Waals surface area contributed by atoms with Crippen molar-refractivity contribution in [3.63, 3.8) is 0 Å². The summed E-state index contributed by atoms with van der Waals surface area (Å²) < 4.78 is 11.4. The molecule has 2 N–H and O–H groups in total. The summed E-state index contributed by atoms with van der Waals surface area (Å²) in [5.74, 6) is 0. The van der Waals surface area contributed by atoms with Crippen molar-refractivity contribution in [1.29, 1.82) is 0 Å². The van der Waals surface area contributed by atoms with Crippen molar-refractivity contribution in [2.24, 2.45) is 0 Å². The van der Waals surface area contributed by atoms with Crippen molar-refractivity contribution in [3.05, 3.63) is 0 Å². The molecule has 0 aliphatic carbocycles. The Morgan fingerprint density at radius 3 is 1.47 bits per heavy atom. The van der Waals surface area contributed by atoms with Crippen LogP contribution in [0.25, 0.3) is 0 Å². The van der Waals surface area contributed by atoms with Gasteiger partial charge in [-0.3, -0.25) is 0 Å². The molecule has 0 spiro atoms. The van der Waals surface area contributed by atoms with Crippen LogP contribution in [0, 0.1) is 0 Å². The van der Waals surface area contributed by atoms with Crippen LogP contribution in [0.4, 0.5) is 0 Å². The van der Waals surface area contributed by atoms with Crippen LogP contribution in [0.1, 0.15) is 55.4 Å². The molecule has 0 unspecified atom stereocenters. The first-order valence-electron chi connectivity index (χ1n) is 6.74. The van der Waals surface area contributed by atoms with Crippen LogP contribution in [0.3, 0.4) is 0 Å². The van der Waals surface area contributed by atoms with Gasteiger partial charge < -0.3 is 19.5 Å². The summed E-state index contributed by atoms with van der Waals surface area (Å²) in [5.41, 5.74) is -3.34. The van der Waals surface area contributed by atoms with E-state index in [0.717, 1.165) is 0 Å². The fourth-order valence-corrected chi connectivity index (χ4v) is 1.05. The minimum Gasteiger partial charge on any atom is -0.439 e. The van der Waals surface area contributed by atoms with Gasteiger partial charge in [0, 0.05) is 0 Å². The summed E-state index contributed by atoms with van der Waals surface area (Å²) in [6.45, 7) is 15.7. The lowest BCUT2D eigenvalue weighted by atomic mass is 9.43. The first-order chi connectivity index (χ1) is 8.10. The van der Waals surface area contributed by atoms with Gasteiger partial charge in [0.2, 0.25) is 0 Å². The monoisotopic (exact) mass is 271 g/mol. The quantitative estimate of drug-likeness (QED) is 0.694. The molecule has 0 rings (SSSR count). The van der Waals surface area contributed by atoms with Crippen molar-refractivity contribution in [3.8, 4) is 0 Å². The molecule has 0 fully saturated rings. The molecule has 0 amide bonds. The topological polar surface area (TPSA) is 58.9 Å². The number of rotatable bonds is 7. The van der Waals surface area contributed by atoms with Gasteiger partial charge >= 0.3 is 0 Å². The molecule has 1 radical (unpaired) electrons. The predicted octanol–water partition coefficient (Wildman–Crippen LogP) is 1.86. The minimum atomic E-state index is -0.963. The first-order valence-corrected chi connectivity index (χ1v) is 6.74. The second-order valence-corrected chi connectivity index (χ2v) is 7.22. The Hall–Kier alpha value is -0.0301. The lowest BCUT2D eigenvalue weighted by Gasteiger charge is -2.41. The number of aliphatic hydroxyl groups is 2. The van der Waals surface area contributed by atoms with Crippen LogP contribution in [-0.4, -0.2) is 46.8 Å². The van der Waals surface area contributed by atoms with E-state index in [0.29, 0.717) is 0 Å². The average Bonchev–Trinajstić information content (AvgIpc) is 2.10. The maximum atomic E-state index is 10.0. The lowest BCUT2D eigenvalue weighted by Crippen LogP contribution is -2.53. The highest BCUT2D eigenvalue weighted by molar-refractivity contribution is 7.05. The van der Waals surface area contributed by atoms with Crippen LogP contribution >= 0.6 is 0 Å². The fourth-order valence-electron chi connectivity index (χ4n) is 1.05. The maximum absolute atomic E-state index is 10.0. The molecule has 6 heteroatoms. The molecule has 0 bridgehead atoms. The average molecular weight is 271 g/mol. The highest BCUT2D eigenvalue weighted by Gasteiger charge is 2.40. The van der Waals surface area contributed by atoms with E-state index in [-0.39, 0.29) is 6.81 Å². The summed E-state index contributed by atoms with van der Waals surface area (Å²) >= 11 is 0. The smallest absolute Gasteiger partial charge is 0.290 e. The Morgan fingerprint density at radius 2 is 1.16 bits per heavy atom. The van der Waals surface area contributed by atoms with E-state index in [2.05, 4.69) is 0 Å². The summed E-state index contributed by atoms with van der Waals surface area (Å²) in [7, 11) is 1.56. The van der Waals surface area contributed by atoms with Gasteiger partial charge in [-0.25, -0.2) is 0 Å². The van der Waals surface area contributed by atoms with E-state index in [1.807, 2.05) is 34.5 Å². The van der Waals surface area contributed by atoms with Crippen LogP contribution < -0.4 is 0 Å². The Bertz CT molecular complexity index is 290. The van der Waals surface area contributed by atoms with E-state index >= 15 is 0 Å². The number of hydrogen-bond donors (Lipinski definition) is 2. The Balaban J connectivity index is 4.47. The minimum absolute atomic E-state index is 0.303. The van der Waals surface area contributed by atoms with Crippen molar-refractivity contribution < 1.29 is 19.5 Å². The third-order valence-electron chi connectivity index (χ3n) is 3.98. The van der Waals surface area contributed by atoms with E-state index in [1.54, 1.807) is 35.1 Å². The molecule has 0 atom stereocenters. The summed E-state index contributed by atoms with van der Waals surface area (Å²) in [6.07, 6.45) is 0. The highest BCUT2D eigenvalue weighted by Crippen LogP contribution is 2.27. The van der Waals surface area contributed by atoms with Gasteiger partial charge in [0.15, 0.2) is 0 Å². The second-order valence-electron chi connectivity index (χ2n) is 7.22. The molecule has 111 valence electrons. The van der Waals surface area contributed by atoms with Crippen molar-refractivity contribution >= 4 is 14.2 Å². The normalized spacial score (nSPS) is 14.5. The number of hydrogen-bond acceptors (Lipinski definition) is 4. The molecule has 0 aromatic carbocycles. The fraction of sp³-hybridized carbons (Fsp3) is 1.00. The molecular formula is C13H29B2O4. The SMILES string of the molecule is CB([B]OC(C)(C)C(C)(C)O)OC(C)(C)C(C)(C)O. The van der Waals surface area contributed by atoms with Gasteiger partial charge in [0.05, 0.1) is 22.4 Å². The molecule has 4 nitrogen and oxygen atoms in total. The van der Waals surface area contributed by atoms with E-state index < -0.39 is 22.4 Å². The molecule has 0 heterocycles. The molecule has 0 aromatic heterocycles. The Labute approximate surface area is 119 Å². The molecule has 0 aliphatic heterocycles. The van der Waals surface area contributed by atoms with Crippen molar-refractivity contribution in [2.45, 2.75) is 84.6 Å². The van der Waals surface area contributed by atoms with E-state index in [9.17, 15) is 10.2 Å². The molecular weight excluding hydrogens is 242 g/mol. The highest BCUT2D eigenvalue weighted by atomic mass is 16.5.